The van der Waals surface area contributed by atoms with Crippen molar-refractivity contribution < 1.29 is 9.59 Å². The number of hydrogen-bond acceptors (Lipinski definition) is 4. The molecule has 1 N–H and O–H groups in total. The van der Waals surface area contributed by atoms with Crippen LogP contribution in [0, 0.1) is 11.3 Å². The fraction of sp³-hybridized carbons (Fsp3) is 0.222. The van der Waals surface area contributed by atoms with E-state index in [0.29, 0.717) is 29.8 Å². The monoisotopic (exact) mass is 455 g/mol. The highest BCUT2D eigenvalue weighted by Gasteiger charge is 2.25. The summed E-state index contributed by atoms with van der Waals surface area (Å²) in [7, 11) is 0. The number of thioether (sulfide) groups is 1. The molecule has 2 amide bonds. The lowest BCUT2D eigenvalue weighted by Gasteiger charge is -2.32. The minimum Gasteiger partial charge on any atom is -0.349 e. The van der Waals surface area contributed by atoms with Gasteiger partial charge in [-0.25, -0.2) is 0 Å². The number of piperidine rings is 1. The lowest BCUT2D eigenvalue weighted by Crippen LogP contribution is -2.46. The Morgan fingerprint density at radius 2 is 1.61 bits per heavy atom. The van der Waals surface area contributed by atoms with Gasteiger partial charge in [0.2, 0.25) is 0 Å². The van der Waals surface area contributed by atoms with Crippen molar-refractivity contribution in [1.82, 2.24) is 10.2 Å². The fourth-order valence-corrected chi connectivity index (χ4v) is 4.88. The van der Waals surface area contributed by atoms with Crippen LogP contribution >= 0.6 is 11.8 Å². The van der Waals surface area contributed by atoms with Gasteiger partial charge >= 0.3 is 0 Å². The van der Waals surface area contributed by atoms with E-state index in [0.717, 1.165) is 29.1 Å². The quantitative estimate of drug-likeness (QED) is 0.538. The van der Waals surface area contributed by atoms with Crippen molar-refractivity contribution in [3.8, 4) is 6.07 Å². The van der Waals surface area contributed by atoms with Gasteiger partial charge in [0.15, 0.2) is 0 Å². The number of nitriles is 1. The molecule has 0 aliphatic carbocycles. The summed E-state index contributed by atoms with van der Waals surface area (Å²) in [5.41, 5.74) is 3.11. The number of nitrogens with one attached hydrogen (secondary N) is 1. The summed E-state index contributed by atoms with van der Waals surface area (Å²) >= 11 is 1.61. The van der Waals surface area contributed by atoms with Crippen LogP contribution in [-0.4, -0.2) is 35.8 Å². The Kier molecular flexibility index (Phi) is 7.43. The number of hydrogen-bond donors (Lipinski definition) is 1. The summed E-state index contributed by atoms with van der Waals surface area (Å²) in [6, 6.07) is 26.6. The number of carbonyl (C=O) groups excluding carboxylic acids is 2. The summed E-state index contributed by atoms with van der Waals surface area (Å²) in [5, 5.41) is 12.1. The van der Waals surface area contributed by atoms with Crippen molar-refractivity contribution in [3.63, 3.8) is 0 Å². The van der Waals surface area contributed by atoms with E-state index >= 15 is 0 Å². The van der Waals surface area contributed by atoms with Crippen LogP contribution in [0.5, 0.6) is 0 Å². The number of benzene rings is 3. The minimum absolute atomic E-state index is 0.0462. The fourth-order valence-electron chi connectivity index (χ4n) is 3.87. The minimum atomic E-state index is -0.0780. The Labute approximate surface area is 198 Å². The van der Waals surface area contributed by atoms with Crippen molar-refractivity contribution in [1.29, 1.82) is 5.26 Å². The predicted octanol–water partition coefficient (Wildman–Crippen LogP) is 4.89. The number of amides is 2. The second-order valence-electron chi connectivity index (χ2n) is 8.00. The third kappa shape index (κ3) is 5.82. The highest BCUT2D eigenvalue weighted by Crippen LogP contribution is 2.27. The molecule has 0 radical (unpaired) electrons. The predicted molar refractivity (Wildman–Crippen MR) is 130 cm³/mol. The molecule has 1 aliphatic rings. The van der Waals surface area contributed by atoms with Crippen LogP contribution in [0.15, 0.2) is 83.8 Å². The average molecular weight is 456 g/mol. The molecule has 1 aliphatic heterocycles. The molecule has 1 saturated heterocycles. The van der Waals surface area contributed by atoms with Crippen LogP contribution in [0.2, 0.25) is 0 Å². The molecular formula is C27H25N3O2S. The number of nitrogens with zero attached hydrogens (tertiary/aromatic N) is 2. The molecule has 4 rings (SSSR count). The van der Waals surface area contributed by atoms with Gasteiger partial charge in [0.05, 0.1) is 17.2 Å². The summed E-state index contributed by atoms with van der Waals surface area (Å²) < 4.78 is 0. The Bertz CT molecular complexity index is 1150. The maximum Gasteiger partial charge on any atom is 0.253 e. The van der Waals surface area contributed by atoms with E-state index < -0.39 is 0 Å². The molecule has 3 aromatic carbocycles. The van der Waals surface area contributed by atoms with Gasteiger partial charge in [-0.05, 0) is 54.8 Å². The summed E-state index contributed by atoms with van der Waals surface area (Å²) in [5.74, 6) is 0.686. The molecule has 0 bridgehead atoms. The second kappa shape index (κ2) is 10.8. The number of likely N-dealkylation sites (tertiary alicyclic amines) is 1. The molecule has 0 aromatic heterocycles. The molecule has 5 nitrogen and oxygen atoms in total. The molecule has 1 heterocycles. The number of rotatable bonds is 6. The van der Waals surface area contributed by atoms with Gasteiger partial charge < -0.3 is 10.2 Å². The first-order valence-corrected chi connectivity index (χ1v) is 12.0. The van der Waals surface area contributed by atoms with Gasteiger partial charge in [-0.3, -0.25) is 9.59 Å². The molecule has 3 aromatic rings. The van der Waals surface area contributed by atoms with Gasteiger partial charge in [0.1, 0.15) is 0 Å². The molecule has 6 heteroatoms. The zero-order valence-electron chi connectivity index (χ0n) is 18.2. The van der Waals surface area contributed by atoms with E-state index in [9.17, 15) is 9.59 Å². The summed E-state index contributed by atoms with van der Waals surface area (Å²) in [4.78, 5) is 28.5. The highest BCUT2D eigenvalue weighted by atomic mass is 32.2. The van der Waals surface area contributed by atoms with Crippen LogP contribution in [0.25, 0.3) is 0 Å². The lowest BCUT2D eigenvalue weighted by atomic mass is 10.0. The van der Waals surface area contributed by atoms with Crippen molar-refractivity contribution in [2.24, 2.45) is 0 Å². The zero-order chi connectivity index (χ0) is 23.0. The van der Waals surface area contributed by atoms with Gasteiger partial charge in [0.25, 0.3) is 11.8 Å². The van der Waals surface area contributed by atoms with Crippen LogP contribution in [0.1, 0.15) is 44.7 Å². The van der Waals surface area contributed by atoms with Gasteiger partial charge in [-0.15, -0.1) is 11.8 Å². The van der Waals surface area contributed by atoms with Gasteiger partial charge in [-0.2, -0.15) is 5.26 Å². The molecule has 0 unspecified atom stereocenters. The number of carbonyl (C=O) groups is 2. The molecule has 1 fully saturated rings. The van der Waals surface area contributed by atoms with E-state index in [-0.39, 0.29) is 17.9 Å². The molecular weight excluding hydrogens is 430 g/mol. The van der Waals surface area contributed by atoms with Crippen LogP contribution in [0.3, 0.4) is 0 Å². The van der Waals surface area contributed by atoms with E-state index in [1.54, 1.807) is 11.8 Å². The Balaban J connectivity index is 1.32. The lowest BCUT2D eigenvalue weighted by molar-refractivity contribution is 0.0698. The second-order valence-corrected chi connectivity index (χ2v) is 9.02. The standard InChI is InChI=1S/C27H25N3O2S/c28-18-20-10-12-21(13-11-20)19-33-25-9-5-4-8-24(25)26(31)29-23-14-16-30(17-15-23)27(32)22-6-2-1-3-7-22/h1-13,23H,14-17,19H2,(H,29,31). The Hall–Kier alpha value is -3.56. The van der Waals surface area contributed by atoms with Crippen molar-refractivity contribution >= 4 is 23.6 Å². The molecule has 166 valence electrons. The van der Waals surface area contributed by atoms with Crippen molar-refractivity contribution in [3.05, 3.63) is 101 Å². The topological polar surface area (TPSA) is 73.2 Å². The van der Waals surface area contributed by atoms with E-state index in [1.807, 2.05) is 83.8 Å². The maximum absolute atomic E-state index is 13.0. The molecule has 33 heavy (non-hydrogen) atoms. The van der Waals surface area contributed by atoms with Crippen LogP contribution < -0.4 is 5.32 Å². The summed E-state index contributed by atoms with van der Waals surface area (Å²) in [6.45, 7) is 1.27. The Morgan fingerprint density at radius 3 is 2.30 bits per heavy atom. The van der Waals surface area contributed by atoms with E-state index in [2.05, 4.69) is 11.4 Å². The molecule has 0 atom stereocenters. The maximum atomic E-state index is 13.0. The molecule has 0 spiro atoms. The third-order valence-electron chi connectivity index (χ3n) is 5.75. The average Bonchev–Trinajstić information content (AvgIpc) is 2.88. The largest absolute Gasteiger partial charge is 0.349 e. The van der Waals surface area contributed by atoms with Crippen molar-refractivity contribution in [2.75, 3.05) is 13.1 Å². The normalized spacial score (nSPS) is 13.8. The third-order valence-corrected chi connectivity index (χ3v) is 6.89. The highest BCUT2D eigenvalue weighted by molar-refractivity contribution is 7.98. The van der Waals surface area contributed by atoms with Crippen molar-refractivity contribution in [2.45, 2.75) is 29.5 Å². The first-order chi connectivity index (χ1) is 16.1. The zero-order valence-corrected chi connectivity index (χ0v) is 19.1. The Morgan fingerprint density at radius 1 is 0.939 bits per heavy atom. The van der Waals surface area contributed by atoms with Crippen LogP contribution in [0.4, 0.5) is 0 Å². The first kappa shape index (κ1) is 22.6. The first-order valence-electron chi connectivity index (χ1n) is 11.0. The van der Waals surface area contributed by atoms with E-state index in [1.165, 1.54) is 0 Å². The summed E-state index contributed by atoms with van der Waals surface area (Å²) in [6.07, 6.45) is 1.48. The van der Waals surface area contributed by atoms with Crippen LogP contribution in [-0.2, 0) is 5.75 Å². The molecule has 0 saturated carbocycles. The van der Waals surface area contributed by atoms with E-state index in [4.69, 9.17) is 5.26 Å². The SMILES string of the molecule is N#Cc1ccc(CSc2ccccc2C(=O)NC2CCN(C(=O)c3ccccc3)CC2)cc1. The smallest absolute Gasteiger partial charge is 0.253 e. The van der Waals surface area contributed by atoms with Gasteiger partial charge in [0, 0.05) is 35.3 Å². The van der Waals surface area contributed by atoms with Gasteiger partial charge in [-0.1, -0.05) is 42.5 Å².